The Bertz CT molecular complexity index is 190. The van der Waals surface area contributed by atoms with Gasteiger partial charge in [-0.05, 0) is 6.42 Å². The highest BCUT2D eigenvalue weighted by molar-refractivity contribution is 5.78. The second-order valence-electron chi connectivity index (χ2n) is 3.64. The van der Waals surface area contributed by atoms with E-state index in [-0.39, 0.29) is 12.0 Å². The molecule has 0 saturated carbocycles. The van der Waals surface area contributed by atoms with E-state index in [4.69, 9.17) is 4.74 Å². The number of ether oxygens (including phenoxy) is 1. The summed E-state index contributed by atoms with van der Waals surface area (Å²) in [7, 11) is 0. The van der Waals surface area contributed by atoms with Gasteiger partial charge >= 0.3 is 0 Å². The van der Waals surface area contributed by atoms with E-state index in [0.717, 1.165) is 45.6 Å². The van der Waals surface area contributed by atoms with Crippen molar-refractivity contribution in [1.82, 2.24) is 10.2 Å². The first kappa shape index (κ1) is 8.97. The monoisotopic (exact) mass is 184 g/mol. The molecule has 0 aliphatic carbocycles. The van der Waals surface area contributed by atoms with E-state index < -0.39 is 0 Å². The maximum absolute atomic E-state index is 11.3. The van der Waals surface area contributed by atoms with E-state index in [9.17, 15) is 4.79 Å². The highest BCUT2D eigenvalue weighted by Crippen LogP contribution is 2.11. The van der Waals surface area contributed by atoms with Crippen molar-refractivity contribution in [2.24, 2.45) is 0 Å². The van der Waals surface area contributed by atoms with Crippen molar-refractivity contribution >= 4 is 5.91 Å². The van der Waals surface area contributed by atoms with E-state index in [0.29, 0.717) is 0 Å². The number of carbonyl (C=O) groups excluding carboxylic acids is 1. The molecule has 0 spiro atoms. The second-order valence-corrected chi connectivity index (χ2v) is 3.64. The lowest BCUT2D eigenvalue weighted by molar-refractivity contribution is -0.129. The Hall–Kier alpha value is -0.610. The van der Waals surface area contributed by atoms with Crippen LogP contribution >= 0.6 is 0 Å². The molecule has 1 unspecified atom stereocenters. The lowest BCUT2D eigenvalue weighted by atomic mass is 10.3. The van der Waals surface area contributed by atoms with Crippen LogP contribution in [0.25, 0.3) is 0 Å². The van der Waals surface area contributed by atoms with Crippen LogP contribution in [0, 0.1) is 0 Å². The third-order valence-corrected chi connectivity index (χ3v) is 2.60. The van der Waals surface area contributed by atoms with Gasteiger partial charge in [-0.1, -0.05) is 0 Å². The predicted molar refractivity (Wildman–Crippen MR) is 48.4 cm³/mol. The standard InChI is InChI=1S/C9H16N2O2/c12-9-2-1-4-11(9)7-8-6-10-3-5-13-8/h8,10H,1-7H2. The van der Waals surface area contributed by atoms with E-state index in [1.807, 2.05) is 4.90 Å². The molecule has 0 radical (unpaired) electrons. The number of nitrogens with one attached hydrogen (secondary N) is 1. The summed E-state index contributed by atoms with van der Waals surface area (Å²) in [5.41, 5.74) is 0. The fourth-order valence-electron chi connectivity index (χ4n) is 1.88. The molecule has 0 aromatic heterocycles. The number of hydrogen-bond acceptors (Lipinski definition) is 3. The third kappa shape index (κ3) is 2.19. The molecule has 1 amide bonds. The molecule has 2 saturated heterocycles. The minimum atomic E-state index is 0.204. The van der Waals surface area contributed by atoms with Crippen LogP contribution in [0.3, 0.4) is 0 Å². The van der Waals surface area contributed by atoms with Crippen molar-refractivity contribution in [3.05, 3.63) is 0 Å². The zero-order valence-corrected chi connectivity index (χ0v) is 7.79. The van der Waals surface area contributed by atoms with Crippen LogP contribution in [0.5, 0.6) is 0 Å². The number of hydrogen-bond donors (Lipinski definition) is 1. The predicted octanol–water partition coefficient (Wildman–Crippen LogP) is -0.403. The largest absolute Gasteiger partial charge is 0.374 e. The van der Waals surface area contributed by atoms with Gasteiger partial charge in [-0.15, -0.1) is 0 Å². The molecule has 2 aliphatic heterocycles. The van der Waals surface area contributed by atoms with Crippen molar-refractivity contribution in [2.45, 2.75) is 18.9 Å². The van der Waals surface area contributed by atoms with Crippen molar-refractivity contribution in [3.8, 4) is 0 Å². The molecular formula is C9H16N2O2. The molecule has 1 atom stereocenters. The van der Waals surface area contributed by atoms with Gasteiger partial charge in [0.25, 0.3) is 0 Å². The summed E-state index contributed by atoms with van der Waals surface area (Å²) < 4.78 is 5.53. The highest BCUT2D eigenvalue weighted by Gasteiger charge is 2.24. The molecule has 2 heterocycles. The van der Waals surface area contributed by atoms with Crippen molar-refractivity contribution in [3.63, 3.8) is 0 Å². The summed E-state index contributed by atoms with van der Waals surface area (Å²) in [6.45, 7) is 4.27. The molecule has 2 aliphatic rings. The third-order valence-electron chi connectivity index (χ3n) is 2.60. The quantitative estimate of drug-likeness (QED) is 0.634. The number of nitrogens with zero attached hydrogens (tertiary/aromatic N) is 1. The minimum absolute atomic E-state index is 0.204. The van der Waals surface area contributed by atoms with Gasteiger partial charge in [-0.25, -0.2) is 0 Å². The van der Waals surface area contributed by atoms with Crippen molar-refractivity contribution in [1.29, 1.82) is 0 Å². The molecule has 1 N–H and O–H groups in total. The smallest absolute Gasteiger partial charge is 0.222 e. The molecule has 13 heavy (non-hydrogen) atoms. The SMILES string of the molecule is O=C1CCCN1CC1CNCCO1. The Labute approximate surface area is 78.2 Å². The first-order chi connectivity index (χ1) is 6.36. The first-order valence-corrected chi connectivity index (χ1v) is 4.96. The zero-order valence-electron chi connectivity index (χ0n) is 7.79. The Morgan fingerprint density at radius 1 is 1.62 bits per heavy atom. The van der Waals surface area contributed by atoms with Crippen LogP contribution in [0.2, 0.25) is 0 Å². The van der Waals surface area contributed by atoms with E-state index in [2.05, 4.69) is 5.32 Å². The van der Waals surface area contributed by atoms with Crippen LogP contribution < -0.4 is 5.32 Å². The maximum Gasteiger partial charge on any atom is 0.222 e. The molecule has 4 nitrogen and oxygen atoms in total. The molecule has 0 aromatic rings. The number of carbonyl (C=O) groups is 1. The molecule has 0 aromatic carbocycles. The lowest BCUT2D eigenvalue weighted by Crippen LogP contribution is -2.45. The second kappa shape index (κ2) is 4.07. The molecule has 74 valence electrons. The van der Waals surface area contributed by atoms with Crippen LogP contribution in [-0.2, 0) is 9.53 Å². The summed E-state index contributed by atoms with van der Waals surface area (Å²) in [5, 5.41) is 3.26. The Balaban J connectivity index is 1.79. The fraction of sp³-hybridized carbons (Fsp3) is 0.889. The van der Waals surface area contributed by atoms with Crippen LogP contribution in [0.1, 0.15) is 12.8 Å². The normalized spacial score (nSPS) is 29.7. The molecule has 2 fully saturated rings. The molecular weight excluding hydrogens is 168 g/mol. The summed E-state index contributed by atoms with van der Waals surface area (Å²) in [6.07, 6.45) is 1.94. The summed E-state index contributed by atoms with van der Waals surface area (Å²) in [6, 6.07) is 0. The van der Waals surface area contributed by atoms with Crippen LogP contribution in [0.15, 0.2) is 0 Å². The van der Waals surface area contributed by atoms with Gasteiger partial charge in [0.15, 0.2) is 0 Å². The topological polar surface area (TPSA) is 41.6 Å². The van der Waals surface area contributed by atoms with E-state index >= 15 is 0 Å². The average molecular weight is 184 g/mol. The fourth-order valence-corrected chi connectivity index (χ4v) is 1.88. The summed E-state index contributed by atoms with van der Waals surface area (Å²) in [5.74, 6) is 0.286. The number of rotatable bonds is 2. The van der Waals surface area contributed by atoms with E-state index in [1.54, 1.807) is 0 Å². The molecule has 0 bridgehead atoms. The summed E-state index contributed by atoms with van der Waals surface area (Å²) in [4.78, 5) is 13.2. The maximum atomic E-state index is 11.3. The number of morpholine rings is 1. The van der Waals surface area contributed by atoms with Crippen LogP contribution in [0.4, 0.5) is 0 Å². The Kier molecular flexibility index (Phi) is 2.80. The average Bonchev–Trinajstić information content (AvgIpc) is 2.54. The Morgan fingerprint density at radius 2 is 2.54 bits per heavy atom. The van der Waals surface area contributed by atoms with Gasteiger partial charge in [0.1, 0.15) is 0 Å². The summed E-state index contributed by atoms with van der Waals surface area (Å²) >= 11 is 0. The number of amides is 1. The van der Waals surface area contributed by atoms with Gasteiger partial charge in [-0.2, -0.15) is 0 Å². The Morgan fingerprint density at radius 3 is 3.15 bits per heavy atom. The van der Waals surface area contributed by atoms with E-state index in [1.165, 1.54) is 0 Å². The van der Waals surface area contributed by atoms with Gasteiger partial charge in [0.2, 0.25) is 5.91 Å². The molecule has 2 rings (SSSR count). The van der Waals surface area contributed by atoms with Gasteiger partial charge in [0.05, 0.1) is 12.7 Å². The number of likely N-dealkylation sites (tertiary alicyclic amines) is 1. The van der Waals surface area contributed by atoms with Crippen molar-refractivity contribution < 1.29 is 9.53 Å². The lowest BCUT2D eigenvalue weighted by Gasteiger charge is -2.27. The van der Waals surface area contributed by atoms with Gasteiger partial charge < -0.3 is 15.0 Å². The highest BCUT2D eigenvalue weighted by atomic mass is 16.5. The minimum Gasteiger partial charge on any atom is -0.374 e. The zero-order chi connectivity index (χ0) is 9.10. The first-order valence-electron chi connectivity index (χ1n) is 4.96. The van der Waals surface area contributed by atoms with Crippen molar-refractivity contribution in [2.75, 3.05) is 32.8 Å². The van der Waals surface area contributed by atoms with Crippen LogP contribution in [-0.4, -0.2) is 49.7 Å². The van der Waals surface area contributed by atoms with Gasteiger partial charge in [-0.3, -0.25) is 4.79 Å². The molecule has 4 heteroatoms. The van der Waals surface area contributed by atoms with Gasteiger partial charge in [0, 0.05) is 32.6 Å².